The van der Waals surface area contributed by atoms with Gasteiger partial charge in [0, 0.05) is 16.9 Å². The van der Waals surface area contributed by atoms with Gasteiger partial charge < -0.3 is 9.64 Å². The zero-order valence-corrected chi connectivity index (χ0v) is 21.1. The van der Waals surface area contributed by atoms with Gasteiger partial charge in [0.2, 0.25) is 0 Å². The minimum Gasteiger partial charge on any atom is -0.497 e. The number of fused-ring (bicyclic) bond motifs is 1. The first-order chi connectivity index (χ1) is 16.3. The Hall–Kier alpha value is -3.12. The SMILES string of the molecule is COc1ccc(N(C2C(=O)N(Cc3ccccc3)c3ccccc32)P(=O)(N(C)C)N(C)C)cc1. The van der Waals surface area contributed by atoms with Crippen LogP contribution < -0.4 is 14.3 Å². The smallest absolute Gasteiger partial charge is 0.311 e. The van der Waals surface area contributed by atoms with Gasteiger partial charge in [-0.15, -0.1) is 0 Å². The summed E-state index contributed by atoms with van der Waals surface area (Å²) in [6.07, 6.45) is 0. The quantitative estimate of drug-likeness (QED) is 0.424. The Bertz CT molecular complexity index is 1190. The molecule has 1 unspecified atom stereocenters. The van der Waals surface area contributed by atoms with Crippen molar-refractivity contribution in [2.45, 2.75) is 12.6 Å². The lowest BCUT2D eigenvalue weighted by Gasteiger charge is -2.43. The first-order valence-corrected chi connectivity index (χ1v) is 12.7. The van der Waals surface area contributed by atoms with E-state index >= 15 is 0 Å². The van der Waals surface area contributed by atoms with E-state index in [1.54, 1.807) is 54.2 Å². The molecular weight excluding hydrogens is 447 g/mol. The Kier molecular flexibility index (Phi) is 6.80. The van der Waals surface area contributed by atoms with Crippen LogP contribution in [0.5, 0.6) is 5.75 Å². The van der Waals surface area contributed by atoms with Crippen molar-refractivity contribution in [3.05, 3.63) is 90.0 Å². The summed E-state index contributed by atoms with van der Waals surface area (Å²) in [5.74, 6) is 0.585. The number of hydrogen-bond acceptors (Lipinski definition) is 3. The minimum absolute atomic E-state index is 0.107. The molecule has 0 N–H and O–H groups in total. The Morgan fingerprint density at radius 2 is 1.44 bits per heavy atom. The van der Waals surface area contributed by atoms with Crippen molar-refractivity contribution in [2.24, 2.45) is 0 Å². The highest BCUT2D eigenvalue weighted by atomic mass is 31.2. The van der Waals surface area contributed by atoms with E-state index < -0.39 is 13.6 Å². The van der Waals surface area contributed by atoms with Gasteiger partial charge in [-0.2, -0.15) is 0 Å². The number of hydrogen-bond donors (Lipinski definition) is 0. The lowest BCUT2D eigenvalue weighted by molar-refractivity contribution is -0.119. The van der Waals surface area contributed by atoms with Crippen molar-refractivity contribution in [1.29, 1.82) is 0 Å². The molecule has 3 aromatic rings. The fraction of sp³-hybridized carbons (Fsp3) is 0.269. The van der Waals surface area contributed by atoms with E-state index in [9.17, 15) is 9.36 Å². The fourth-order valence-corrected chi connectivity index (χ4v) is 6.90. The summed E-state index contributed by atoms with van der Waals surface area (Å²) < 4.78 is 25.2. The number of methoxy groups -OCH3 is 1. The number of anilines is 2. The molecule has 0 aliphatic carbocycles. The predicted molar refractivity (Wildman–Crippen MR) is 137 cm³/mol. The molecule has 0 spiro atoms. The maximum absolute atomic E-state index is 14.7. The summed E-state index contributed by atoms with van der Waals surface area (Å²) in [4.78, 5) is 15.9. The zero-order chi connectivity index (χ0) is 24.5. The van der Waals surface area contributed by atoms with Crippen molar-refractivity contribution < 1.29 is 14.1 Å². The number of benzene rings is 3. The molecule has 1 atom stereocenters. The third-order valence-electron chi connectivity index (χ3n) is 6.11. The molecule has 8 heteroatoms. The standard InChI is InChI=1S/C26H31N4O3P/c1-27(2)34(32,28(3)4)30(21-15-17-22(33-5)18-16-21)25-23-13-9-10-14-24(23)29(26(25)31)19-20-11-7-6-8-12-20/h6-18,25H,19H2,1-5H3. The van der Waals surface area contributed by atoms with Gasteiger partial charge in [0.15, 0.2) is 0 Å². The van der Waals surface area contributed by atoms with Crippen molar-refractivity contribution >= 4 is 24.9 Å². The molecule has 1 amide bonds. The number of para-hydroxylation sites is 1. The Morgan fingerprint density at radius 3 is 2.03 bits per heavy atom. The highest BCUT2D eigenvalue weighted by Crippen LogP contribution is 2.61. The van der Waals surface area contributed by atoms with Gasteiger partial charge in [-0.3, -0.25) is 14.0 Å². The van der Waals surface area contributed by atoms with E-state index in [-0.39, 0.29) is 5.91 Å². The van der Waals surface area contributed by atoms with Crippen molar-refractivity contribution in [1.82, 2.24) is 9.34 Å². The second-order valence-electron chi connectivity index (χ2n) is 8.62. The number of rotatable bonds is 8. The molecule has 1 heterocycles. The van der Waals surface area contributed by atoms with Crippen molar-refractivity contribution in [3.8, 4) is 5.75 Å². The highest BCUT2D eigenvalue weighted by molar-refractivity contribution is 7.60. The molecule has 1 aliphatic heterocycles. The van der Waals surface area contributed by atoms with Gasteiger partial charge in [-0.05, 0) is 64.1 Å². The van der Waals surface area contributed by atoms with E-state index in [0.717, 1.165) is 16.8 Å². The van der Waals surface area contributed by atoms with Gasteiger partial charge in [0.05, 0.1) is 13.7 Å². The molecule has 0 radical (unpaired) electrons. The van der Waals surface area contributed by atoms with E-state index in [4.69, 9.17) is 4.74 Å². The van der Waals surface area contributed by atoms with Crippen molar-refractivity contribution in [2.75, 3.05) is 44.9 Å². The van der Waals surface area contributed by atoms with E-state index in [2.05, 4.69) is 0 Å². The maximum atomic E-state index is 14.7. The van der Waals surface area contributed by atoms with E-state index in [0.29, 0.717) is 18.0 Å². The van der Waals surface area contributed by atoms with Crippen LogP contribution in [0, 0.1) is 0 Å². The number of nitrogens with zero attached hydrogens (tertiary/aromatic N) is 4. The van der Waals surface area contributed by atoms with E-state index in [1.165, 1.54) is 0 Å². The van der Waals surface area contributed by atoms with Crippen LogP contribution in [0.1, 0.15) is 17.2 Å². The lowest BCUT2D eigenvalue weighted by atomic mass is 10.1. The van der Waals surface area contributed by atoms with Crippen LogP contribution in [0.15, 0.2) is 78.9 Å². The molecule has 0 aromatic heterocycles. The summed E-state index contributed by atoms with van der Waals surface area (Å²) in [6.45, 7) is 0.442. The van der Waals surface area contributed by atoms with Gasteiger partial charge >= 0.3 is 7.59 Å². The van der Waals surface area contributed by atoms with Crippen LogP contribution in [-0.4, -0.2) is 50.5 Å². The highest BCUT2D eigenvalue weighted by Gasteiger charge is 2.49. The Labute approximate surface area is 201 Å². The molecule has 178 valence electrons. The molecule has 1 aliphatic rings. The minimum atomic E-state index is -3.36. The largest absolute Gasteiger partial charge is 0.497 e. The summed E-state index contributed by atoms with van der Waals surface area (Å²) in [7, 11) is 5.38. The molecule has 4 rings (SSSR count). The van der Waals surface area contributed by atoms with E-state index in [1.807, 2.05) is 78.9 Å². The molecule has 0 saturated carbocycles. The third-order valence-corrected chi connectivity index (χ3v) is 9.22. The summed E-state index contributed by atoms with van der Waals surface area (Å²) in [5, 5.41) is 0. The summed E-state index contributed by atoms with van der Waals surface area (Å²) in [5.41, 5.74) is 3.39. The number of ether oxygens (including phenoxy) is 1. The normalized spacial score (nSPS) is 15.7. The second-order valence-corrected chi connectivity index (χ2v) is 11.7. The summed E-state index contributed by atoms with van der Waals surface area (Å²) in [6, 6.07) is 24.3. The Morgan fingerprint density at radius 1 is 0.853 bits per heavy atom. The first-order valence-electron chi connectivity index (χ1n) is 11.1. The fourth-order valence-electron chi connectivity index (χ4n) is 4.46. The molecule has 0 saturated heterocycles. The van der Waals surface area contributed by atoms with Gasteiger partial charge in [-0.1, -0.05) is 48.5 Å². The molecular formula is C26H31N4O3P. The van der Waals surface area contributed by atoms with Gasteiger partial charge in [0.25, 0.3) is 5.91 Å². The predicted octanol–water partition coefficient (Wildman–Crippen LogP) is 5.02. The molecule has 0 bridgehead atoms. The van der Waals surface area contributed by atoms with Crippen LogP contribution in [-0.2, 0) is 15.9 Å². The van der Waals surface area contributed by atoms with Crippen LogP contribution in [0.25, 0.3) is 0 Å². The lowest BCUT2D eigenvalue weighted by Crippen LogP contribution is -2.41. The topological polar surface area (TPSA) is 56.3 Å². The average molecular weight is 479 g/mol. The van der Waals surface area contributed by atoms with Gasteiger partial charge in [-0.25, -0.2) is 9.34 Å². The molecule has 3 aromatic carbocycles. The Balaban J connectivity index is 1.88. The second kappa shape index (κ2) is 9.63. The molecule has 7 nitrogen and oxygen atoms in total. The zero-order valence-electron chi connectivity index (χ0n) is 20.3. The number of carbonyl (C=O) groups is 1. The number of carbonyl (C=O) groups excluding carboxylic acids is 1. The molecule has 0 fully saturated rings. The van der Waals surface area contributed by atoms with Crippen LogP contribution in [0.3, 0.4) is 0 Å². The van der Waals surface area contributed by atoms with Crippen molar-refractivity contribution in [3.63, 3.8) is 0 Å². The third kappa shape index (κ3) is 4.11. The first kappa shape index (κ1) is 24.0. The van der Waals surface area contributed by atoms with Gasteiger partial charge in [0.1, 0.15) is 11.8 Å². The molecule has 34 heavy (non-hydrogen) atoms. The summed E-state index contributed by atoms with van der Waals surface area (Å²) >= 11 is 0. The van der Waals surface area contributed by atoms with Crippen LogP contribution in [0.2, 0.25) is 0 Å². The maximum Gasteiger partial charge on any atom is 0.311 e. The monoisotopic (exact) mass is 478 g/mol. The number of amides is 1. The average Bonchev–Trinajstić information content (AvgIpc) is 3.11. The van der Waals surface area contributed by atoms with Crippen LogP contribution in [0.4, 0.5) is 11.4 Å². The van der Waals surface area contributed by atoms with Crippen LogP contribution >= 0.6 is 7.59 Å².